The molecule has 3 heterocycles. The van der Waals surface area contributed by atoms with E-state index >= 15 is 0 Å². The maximum Gasteiger partial charge on any atom is 0.264 e. The van der Waals surface area contributed by atoms with Crippen LogP contribution < -0.4 is 25.2 Å². The van der Waals surface area contributed by atoms with Gasteiger partial charge in [-0.15, -0.1) is 0 Å². The summed E-state index contributed by atoms with van der Waals surface area (Å²) >= 11 is 0. The number of ether oxygens (including phenoxy) is 2. The summed E-state index contributed by atoms with van der Waals surface area (Å²) in [6, 6.07) is 16.3. The molecule has 2 N–H and O–H groups in total. The van der Waals surface area contributed by atoms with Gasteiger partial charge in [-0.1, -0.05) is 6.42 Å². The molecule has 1 amide bonds. The van der Waals surface area contributed by atoms with Crippen LogP contribution in [0.25, 0.3) is 10.9 Å². The van der Waals surface area contributed by atoms with E-state index in [0.717, 1.165) is 31.5 Å². The molecule has 0 spiro atoms. The first-order valence-electron chi connectivity index (χ1n) is 14.3. The predicted octanol–water partition coefficient (Wildman–Crippen LogP) is 4.02. The molecule has 2 aliphatic rings. The molecule has 1 aromatic heterocycles. The molecule has 6 rings (SSSR count). The third-order valence-electron chi connectivity index (χ3n) is 7.78. The van der Waals surface area contributed by atoms with E-state index in [2.05, 4.69) is 10.0 Å². The summed E-state index contributed by atoms with van der Waals surface area (Å²) in [6.07, 6.45) is 3.68. The summed E-state index contributed by atoms with van der Waals surface area (Å²) in [4.78, 5) is 33.2. The Kier molecular flexibility index (Phi) is 8.04. The standard InChI is InChI=1S/C31H33N5O6S/c1-41-24-10-7-22(8-11-24)34-43(39,40)28-20-23(9-13-27(28)35-15-17-42-18-16-35)32-30(37)21-6-12-25-26(19-21)33-29-5-3-2-4-14-36(29)31(25)38/h6-13,19-20,34H,2-5,14-18H2,1H3,(H,32,37). The molecule has 0 saturated carbocycles. The van der Waals surface area contributed by atoms with Crippen LogP contribution in [0.5, 0.6) is 5.75 Å². The second kappa shape index (κ2) is 12.1. The molecule has 11 nitrogen and oxygen atoms in total. The van der Waals surface area contributed by atoms with Gasteiger partial charge in [-0.25, -0.2) is 13.4 Å². The molecule has 12 heteroatoms. The summed E-state index contributed by atoms with van der Waals surface area (Å²) in [6.45, 7) is 2.67. The molecule has 224 valence electrons. The number of benzene rings is 3. The van der Waals surface area contributed by atoms with Crippen LogP contribution >= 0.6 is 0 Å². The summed E-state index contributed by atoms with van der Waals surface area (Å²) in [7, 11) is -2.51. The van der Waals surface area contributed by atoms with Crippen LogP contribution in [-0.4, -0.2) is 57.3 Å². The van der Waals surface area contributed by atoms with E-state index in [1.807, 2.05) is 4.90 Å². The third-order valence-corrected chi connectivity index (χ3v) is 9.19. The number of rotatable bonds is 7. The summed E-state index contributed by atoms with van der Waals surface area (Å²) in [5.41, 5.74) is 1.90. The molecule has 0 unspecified atom stereocenters. The number of aryl methyl sites for hydroxylation is 1. The fourth-order valence-corrected chi connectivity index (χ4v) is 6.82. The Morgan fingerprint density at radius 1 is 0.930 bits per heavy atom. The Bertz CT molecular complexity index is 1830. The maximum absolute atomic E-state index is 13.7. The summed E-state index contributed by atoms with van der Waals surface area (Å²) in [5, 5.41) is 3.30. The second-order valence-corrected chi connectivity index (χ2v) is 12.2. The highest BCUT2D eigenvalue weighted by atomic mass is 32.2. The quantitative estimate of drug-likeness (QED) is 0.324. The topological polar surface area (TPSA) is 132 Å². The van der Waals surface area contributed by atoms with Crippen molar-refractivity contribution in [1.29, 1.82) is 0 Å². The first-order chi connectivity index (χ1) is 20.8. The zero-order chi connectivity index (χ0) is 30.0. The minimum Gasteiger partial charge on any atom is -0.497 e. The molecule has 3 aromatic carbocycles. The van der Waals surface area contributed by atoms with E-state index in [-0.39, 0.29) is 10.5 Å². The largest absolute Gasteiger partial charge is 0.497 e. The lowest BCUT2D eigenvalue weighted by atomic mass is 10.1. The number of amides is 1. The zero-order valence-electron chi connectivity index (χ0n) is 23.8. The normalized spacial score (nSPS) is 15.4. The Morgan fingerprint density at radius 2 is 1.70 bits per heavy atom. The van der Waals surface area contributed by atoms with Crippen molar-refractivity contribution in [1.82, 2.24) is 9.55 Å². The molecular weight excluding hydrogens is 570 g/mol. The van der Waals surface area contributed by atoms with Gasteiger partial charge >= 0.3 is 0 Å². The van der Waals surface area contributed by atoms with Crippen LogP contribution in [0, 0.1) is 0 Å². The lowest BCUT2D eigenvalue weighted by molar-refractivity contribution is 0.102. The van der Waals surface area contributed by atoms with E-state index in [1.54, 1.807) is 59.2 Å². The van der Waals surface area contributed by atoms with Gasteiger partial charge in [0.25, 0.3) is 21.5 Å². The molecular formula is C31H33N5O6S. The van der Waals surface area contributed by atoms with Crippen molar-refractivity contribution < 1.29 is 22.7 Å². The molecule has 0 radical (unpaired) electrons. The number of methoxy groups -OCH3 is 1. The summed E-state index contributed by atoms with van der Waals surface area (Å²) in [5.74, 6) is 0.904. The highest BCUT2D eigenvalue weighted by Gasteiger charge is 2.25. The van der Waals surface area contributed by atoms with Crippen LogP contribution in [0.2, 0.25) is 0 Å². The van der Waals surface area contributed by atoms with Gasteiger partial charge in [-0.2, -0.15) is 0 Å². The van der Waals surface area contributed by atoms with Crippen molar-refractivity contribution in [2.75, 3.05) is 48.4 Å². The Balaban J connectivity index is 1.31. The number of aromatic nitrogens is 2. The van der Waals surface area contributed by atoms with Crippen molar-refractivity contribution in [3.05, 3.63) is 82.4 Å². The number of anilines is 3. The number of carbonyl (C=O) groups is 1. The number of nitrogens with zero attached hydrogens (tertiary/aromatic N) is 3. The average Bonchev–Trinajstić information content (AvgIpc) is 3.27. The Morgan fingerprint density at radius 3 is 2.47 bits per heavy atom. The maximum atomic E-state index is 13.7. The van der Waals surface area contributed by atoms with Gasteiger partial charge in [0.2, 0.25) is 0 Å². The fraction of sp³-hybridized carbons (Fsp3) is 0.323. The van der Waals surface area contributed by atoms with Gasteiger partial charge in [0, 0.05) is 43.0 Å². The lowest BCUT2D eigenvalue weighted by Gasteiger charge is -2.30. The molecule has 1 saturated heterocycles. The molecule has 4 aromatic rings. The first kappa shape index (κ1) is 28.7. The first-order valence-corrected chi connectivity index (χ1v) is 15.8. The predicted molar refractivity (Wildman–Crippen MR) is 165 cm³/mol. The fourth-order valence-electron chi connectivity index (χ4n) is 5.50. The number of fused-ring (bicyclic) bond motifs is 2. The number of carbonyl (C=O) groups excluding carboxylic acids is 1. The van der Waals surface area contributed by atoms with Crippen LogP contribution in [0.4, 0.5) is 17.1 Å². The van der Waals surface area contributed by atoms with Crippen LogP contribution in [0.1, 0.15) is 35.4 Å². The molecule has 0 atom stereocenters. The molecule has 1 fully saturated rings. The van der Waals surface area contributed by atoms with Crippen LogP contribution in [0.15, 0.2) is 70.4 Å². The molecule has 2 aliphatic heterocycles. The Labute approximate surface area is 249 Å². The number of sulfonamides is 1. The average molecular weight is 604 g/mol. The van der Waals surface area contributed by atoms with Crippen molar-refractivity contribution in [3.8, 4) is 5.75 Å². The third kappa shape index (κ3) is 6.06. The van der Waals surface area contributed by atoms with Crippen molar-refractivity contribution in [2.24, 2.45) is 0 Å². The van der Waals surface area contributed by atoms with E-state index < -0.39 is 15.9 Å². The Hall–Kier alpha value is -4.42. The van der Waals surface area contributed by atoms with Crippen molar-refractivity contribution >= 4 is 43.9 Å². The van der Waals surface area contributed by atoms with Gasteiger partial charge < -0.3 is 19.7 Å². The SMILES string of the molecule is COc1ccc(NS(=O)(=O)c2cc(NC(=O)c3ccc4c(=O)n5c(nc4c3)CCCCC5)ccc2N2CCOCC2)cc1. The van der Waals surface area contributed by atoms with Gasteiger partial charge in [0.15, 0.2) is 0 Å². The molecule has 0 bridgehead atoms. The number of morpholine rings is 1. The minimum atomic E-state index is -4.05. The zero-order valence-corrected chi connectivity index (χ0v) is 24.7. The highest BCUT2D eigenvalue weighted by molar-refractivity contribution is 7.92. The highest BCUT2D eigenvalue weighted by Crippen LogP contribution is 2.31. The van der Waals surface area contributed by atoms with E-state index in [1.165, 1.54) is 13.2 Å². The smallest absolute Gasteiger partial charge is 0.264 e. The van der Waals surface area contributed by atoms with Crippen LogP contribution in [0.3, 0.4) is 0 Å². The van der Waals surface area contributed by atoms with Gasteiger partial charge in [0.05, 0.1) is 36.9 Å². The van der Waals surface area contributed by atoms with Gasteiger partial charge in [-0.05, 0) is 73.5 Å². The van der Waals surface area contributed by atoms with E-state index in [4.69, 9.17) is 14.5 Å². The van der Waals surface area contributed by atoms with Gasteiger partial charge in [0.1, 0.15) is 16.5 Å². The van der Waals surface area contributed by atoms with Crippen molar-refractivity contribution in [2.45, 2.75) is 37.1 Å². The minimum absolute atomic E-state index is 0.0268. The monoisotopic (exact) mass is 603 g/mol. The molecule has 43 heavy (non-hydrogen) atoms. The molecule has 0 aliphatic carbocycles. The van der Waals surface area contributed by atoms with Crippen molar-refractivity contribution in [3.63, 3.8) is 0 Å². The summed E-state index contributed by atoms with van der Waals surface area (Å²) < 4.78 is 42.4. The number of hydrogen-bond donors (Lipinski definition) is 2. The van der Waals surface area contributed by atoms with E-state index in [9.17, 15) is 18.0 Å². The number of nitrogens with one attached hydrogen (secondary N) is 2. The second-order valence-electron chi connectivity index (χ2n) is 10.6. The van der Waals surface area contributed by atoms with Crippen LogP contribution in [-0.2, 0) is 27.7 Å². The van der Waals surface area contributed by atoms with E-state index in [0.29, 0.717) is 72.1 Å². The number of hydrogen-bond acceptors (Lipinski definition) is 8. The lowest BCUT2D eigenvalue weighted by Crippen LogP contribution is -2.37. The van der Waals surface area contributed by atoms with Gasteiger partial charge in [-0.3, -0.25) is 18.9 Å².